The second-order valence-corrected chi connectivity index (χ2v) is 4.23. The van der Waals surface area contributed by atoms with Crippen molar-refractivity contribution >= 4 is 17.8 Å². The van der Waals surface area contributed by atoms with E-state index in [0.29, 0.717) is 5.76 Å². The Kier molecular flexibility index (Phi) is 3.73. The molecule has 0 saturated heterocycles. The van der Waals surface area contributed by atoms with Crippen molar-refractivity contribution in [1.29, 1.82) is 0 Å². The number of carbonyl (C=O) groups excluding carboxylic acids is 2. The van der Waals surface area contributed by atoms with Crippen molar-refractivity contribution in [2.24, 2.45) is 0 Å². The number of carbonyl (C=O) groups is 2. The molecule has 0 aliphatic carbocycles. The zero-order valence-electron chi connectivity index (χ0n) is 11.2. The highest BCUT2D eigenvalue weighted by molar-refractivity contribution is 6.01. The van der Waals surface area contributed by atoms with Crippen molar-refractivity contribution < 1.29 is 22.8 Å². The van der Waals surface area contributed by atoms with E-state index in [9.17, 15) is 9.59 Å². The summed E-state index contributed by atoms with van der Waals surface area (Å²) >= 11 is 0. The average molecular weight is 301 g/mol. The Bertz CT molecular complexity index is 758. The maximum Gasteiger partial charge on any atom is 0.302 e. The third-order valence-electron chi connectivity index (χ3n) is 2.71. The van der Waals surface area contributed by atoms with Crippen molar-refractivity contribution in [3.8, 4) is 0 Å². The van der Waals surface area contributed by atoms with E-state index in [1.807, 2.05) is 0 Å². The predicted molar refractivity (Wildman–Crippen MR) is 73.0 cm³/mol. The first-order chi connectivity index (χ1) is 10.7. The van der Waals surface area contributed by atoms with Gasteiger partial charge in [-0.15, -0.1) is 0 Å². The molecule has 0 spiro atoms. The monoisotopic (exact) mass is 301 g/mol. The van der Waals surface area contributed by atoms with Crippen LogP contribution in [-0.4, -0.2) is 16.8 Å². The van der Waals surface area contributed by atoms with Crippen molar-refractivity contribution in [2.45, 2.75) is 6.54 Å². The van der Waals surface area contributed by atoms with E-state index in [1.165, 1.54) is 18.6 Å². The van der Waals surface area contributed by atoms with Crippen molar-refractivity contribution in [3.63, 3.8) is 0 Å². The Hall–Kier alpha value is -3.29. The Labute approximate surface area is 124 Å². The van der Waals surface area contributed by atoms with Gasteiger partial charge in [-0.2, -0.15) is 4.98 Å². The highest BCUT2D eigenvalue weighted by Crippen LogP contribution is 2.10. The van der Waals surface area contributed by atoms with Crippen LogP contribution in [-0.2, 0) is 6.54 Å². The number of nitrogens with zero attached hydrogens (tertiary/aromatic N) is 1. The van der Waals surface area contributed by atoms with E-state index in [2.05, 4.69) is 15.6 Å². The molecule has 3 aromatic heterocycles. The fraction of sp³-hybridized carbons (Fsp3) is 0.0714. The normalized spacial score (nSPS) is 10.4. The van der Waals surface area contributed by atoms with Crippen LogP contribution < -0.4 is 10.6 Å². The smallest absolute Gasteiger partial charge is 0.302 e. The highest BCUT2D eigenvalue weighted by Gasteiger charge is 2.16. The summed E-state index contributed by atoms with van der Waals surface area (Å²) in [5.74, 6) is -0.238. The first-order valence-corrected chi connectivity index (χ1v) is 6.33. The number of oxazole rings is 1. The summed E-state index contributed by atoms with van der Waals surface area (Å²) in [5.41, 5.74) is 0.0429. The van der Waals surface area contributed by atoms with E-state index < -0.39 is 11.8 Å². The van der Waals surface area contributed by atoms with Gasteiger partial charge < -0.3 is 18.6 Å². The Morgan fingerprint density at radius 2 is 1.86 bits per heavy atom. The molecule has 0 atom stereocenters. The van der Waals surface area contributed by atoms with Crippen molar-refractivity contribution in [3.05, 3.63) is 60.3 Å². The molecular weight excluding hydrogens is 290 g/mol. The van der Waals surface area contributed by atoms with Crippen LogP contribution in [0.2, 0.25) is 0 Å². The van der Waals surface area contributed by atoms with Crippen LogP contribution in [0.25, 0.3) is 0 Å². The number of furan rings is 2. The van der Waals surface area contributed by atoms with Crippen molar-refractivity contribution in [2.75, 3.05) is 5.32 Å². The lowest BCUT2D eigenvalue weighted by Gasteiger charge is -1.99. The molecule has 8 nitrogen and oxygen atoms in total. The highest BCUT2D eigenvalue weighted by atomic mass is 16.4. The van der Waals surface area contributed by atoms with Crippen LogP contribution in [0.15, 0.2) is 56.3 Å². The summed E-state index contributed by atoms with van der Waals surface area (Å²) in [4.78, 5) is 27.5. The van der Waals surface area contributed by atoms with Gasteiger partial charge in [0, 0.05) is 0 Å². The van der Waals surface area contributed by atoms with Crippen LogP contribution in [0.5, 0.6) is 0 Å². The van der Waals surface area contributed by atoms with Crippen LogP contribution in [0.3, 0.4) is 0 Å². The molecule has 0 aromatic carbocycles. The van der Waals surface area contributed by atoms with E-state index >= 15 is 0 Å². The molecule has 0 aliphatic rings. The summed E-state index contributed by atoms with van der Waals surface area (Å²) in [6.07, 6.45) is 4.03. The largest absolute Gasteiger partial charge is 0.467 e. The Balaban J connectivity index is 1.58. The van der Waals surface area contributed by atoms with Gasteiger partial charge in [0.1, 0.15) is 12.0 Å². The molecule has 2 amide bonds. The summed E-state index contributed by atoms with van der Waals surface area (Å²) < 4.78 is 15.0. The SMILES string of the molecule is O=C(NCc1ccco1)c1coc(NC(=O)c2ccco2)n1. The van der Waals surface area contributed by atoms with Crippen LogP contribution in [0.4, 0.5) is 6.01 Å². The number of hydrogen-bond acceptors (Lipinski definition) is 6. The van der Waals surface area contributed by atoms with Crippen LogP contribution >= 0.6 is 0 Å². The lowest BCUT2D eigenvalue weighted by molar-refractivity contribution is 0.0941. The average Bonchev–Trinajstić information content (AvgIpc) is 3.25. The van der Waals surface area contributed by atoms with Gasteiger partial charge in [0.05, 0.1) is 19.1 Å². The number of aromatic nitrogens is 1. The molecular formula is C14H11N3O5. The van der Waals surface area contributed by atoms with Gasteiger partial charge in [0.25, 0.3) is 11.8 Å². The lowest BCUT2D eigenvalue weighted by atomic mass is 10.4. The second kappa shape index (κ2) is 6.00. The molecule has 0 radical (unpaired) electrons. The summed E-state index contributed by atoms with van der Waals surface area (Å²) in [6, 6.07) is 6.44. The molecule has 0 unspecified atom stereocenters. The van der Waals surface area contributed by atoms with Gasteiger partial charge in [-0.25, -0.2) is 0 Å². The molecule has 3 aromatic rings. The van der Waals surface area contributed by atoms with Crippen LogP contribution in [0.1, 0.15) is 26.8 Å². The zero-order valence-corrected chi connectivity index (χ0v) is 11.2. The molecule has 0 bridgehead atoms. The number of nitrogens with one attached hydrogen (secondary N) is 2. The van der Waals surface area contributed by atoms with Gasteiger partial charge in [0.2, 0.25) is 0 Å². The molecule has 3 heterocycles. The van der Waals surface area contributed by atoms with Gasteiger partial charge >= 0.3 is 6.01 Å². The minimum atomic E-state index is -0.519. The van der Waals surface area contributed by atoms with Gasteiger partial charge in [-0.05, 0) is 24.3 Å². The zero-order chi connectivity index (χ0) is 15.4. The quantitative estimate of drug-likeness (QED) is 0.746. The molecule has 112 valence electrons. The third-order valence-corrected chi connectivity index (χ3v) is 2.71. The molecule has 22 heavy (non-hydrogen) atoms. The Morgan fingerprint density at radius 3 is 2.59 bits per heavy atom. The number of amides is 2. The molecule has 0 fully saturated rings. The Morgan fingerprint density at radius 1 is 1.05 bits per heavy atom. The van der Waals surface area contributed by atoms with Crippen LogP contribution in [0, 0.1) is 0 Å². The number of hydrogen-bond donors (Lipinski definition) is 2. The summed E-state index contributed by atoms with van der Waals surface area (Å²) in [5, 5.41) is 4.99. The van der Waals surface area contributed by atoms with Crippen molar-refractivity contribution in [1.82, 2.24) is 10.3 Å². The first-order valence-electron chi connectivity index (χ1n) is 6.33. The van der Waals surface area contributed by atoms with E-state index in [1.54, 1.807) is 18.2 Å². The minimum Gasteiger partial charge on any atom is -0.467 e. The fourth-order valence-corrected chi connectivity index (χ4v) is 1.67. The molecule has 3 rings (SSSR count). The first kappa shape index (κ1) is 13.7. The lowest BCUT2D eigenvalue weighted by Crippen LogP contribution is -2.23. The maximum atomic E-state index is 11.9. The predicted octanol–water partition coefficient (Wildman–Crippen LogP) is 2.04. The third kappa shape index (κ3) is 3.06. The molecule has 2 N–H and O–H groups in total. The standard InChI is InChI=1S/C14H11N3O5/c18-12(15-7-9-3-1-5-20-9)10-8-22-14(16-10)17-13(19)11-4-2-6-21-11/h1-6,8H,7H2,(H,15,18)(H,16,17,19). The summed E-state index contributed by atoms with van der Waals surface area (Å²) in [6.45, 7) is 0.229. The summed E-state index contributed by atoms with van der Waals surface area (Å²) in [7, 11) is 0. The molecule has 0 aliphatic heterocycles. The molecule has 0 saturated carbocycles. The van der Waals surface area contributed by atoms with E-state index in [0.717, 1.165) is 6.26 Å². The van der Waals surface area contributed by atoms with E-state index in [-0.39, 0.29) is 24.0 Å². The van der Waals surface area contributed by atoms with Gasteiger partial charge in [-0.3, -0.25) is 14.9 Å². The maximum absolute atomic E-state index is 11.9. The molecule has 8 heteroatoms. The van der Waals surface area contributed by atoms with Gasteiger partial charge in [0.15, 0.2) is 11.5 Å². The second-order valence-electron chi connectivity index (χ2n) is 4.23. The van der Waals surface area contributed by atoms with E-state index in [4.69, 9.17) is 13.3 Å². The number of rotatable bonds is 5. The number of anilines is 1. The van der Waals surface area contributed by atoms with Gasteiger partial charge in [-0.1, -0.05) is 0 Å². The topological polar surface area (TPSA) is 111 Å². The minimum absolute atomic E-state index is 0.0429. The fourth-order valence-electron chi connectivity index (χ4n) is 1.67.